The van der Waals surface area contributed by atoms with E-state index < -0.39 is 18.0 Å². The highest BCUT2D eigenvalue weighted by molar-refractivity contribution is 5.83. The van der Waals surface area contributed by atoms with E-state index in [1.807, 2.05) is 0 Å². The first kappa shape index (κ1) is 14.3. The van der Waals surface area contributed by atoms with E-state index in [1.54, 1.807) is 14.1 Å². The lowest BCUT2D eigenvalue weighted by molar-refractivity contribution is -0.141. The first-order valence-corrected chi connectivity index (χ1v) is 5.91. The molecule has 1 aliphatic heterocycles. The van der Waals surface area contributed by atoms with E-state index >= 15 is 0 Å². The van der Waals surface area contributed by atoms with Crippen molar-refractivity contribution in [3.8, 4) is 0 Å². The van der Waals surface area contributed by atoms with Crippen molar-refractivity contribution in [2.75, 3.05) is 27.2 Å². The summed E-state index contributed by atoms with van der Waals surface area (Å²) in [5.74, 6) is -1.06. The molecule has 1 heterocycles. The number of nitrogens with one attached hydrogen (secondary N) is 1. The van der Waals surface area contributed by atoms with Crippen LogP contribution in [-0.2, 0) is 9.59 Å². The number of carboxylic acids is 1. The van der Waals surface area contributed by atoms with Crippen LogP contribution in [0.1, 0.15) is 19.3 Å². The van der Waals surface area contributed by atoms with Crippen molar-refractivity contribution in [3.05, 3.63) is 0 Å². The van der Waals surface area contributed by atoms with Crippen LogP contribution in [0, 0.1) is 0 Å². The number of amides is 3. The Bertz CT molecular complexity index is 343. The lowest BCUT2D eigenvalue weighted by Gasteiger charge is -2.21. The summed E-state index contributed by atoms with van der Waals surface area (Å²) in [6.45, 7) is 0.670. The maximum absolute atomic E-state index is 11.7. The molecule has 0 aromatic carbocycles. The second-order valence-corrected chi connectivity index (χ2v) is 4.46. The number of hydrogen-bond donors (Lipinski definition) is 2. The van der Waals surface area contributed by atoms with Crippen molar-refractivity contribution < 1.29 is 19.5 Å². The molecule has 0 saturated carbocycles. The topological polar surface area (TPSA) is 90.0 Å². The molecule has 7 heteroatoms. The van der Waals surface area contributed by atoms with Gasteiger partial charge >= 0.3 is 12.0 Å². The number of hydrogen-bond acceptors (Lipinski definition) is 3. The van der Waals surface area contributed by atoms with Gasteiger partial charge in [0, 0.05) is 33.6 Å². The average Bonchev–Trinajstić information content (AvgIpc) is 2.77. The highest BCUT2D eigenvalue weighted by Crippen LogP contribution is 2.17. The second-order valence-electron chi connectivity index (χ2n) is 4.46. The van der Waals surface area contributed by atoms with Gasteiger partial charge in [-0.15, -0.1) is 0 Å². The van der Waals surface area contributed by atoms with E-state index in [1.165, 1.54) is 9.80 Å². The van der Waals surface area contributed by atoms with Crippen molar-refractivity contribution in [2.24, 2.45) is 0 Å². The zero-order valence-corrected chi connectivity index (χ0v) is 10.7. The van der Waals surface area contributed by atoms with Gasteiger partial charge in [0.25, 0.3) is 0 Å². The number of carboxylic acid groups (broad SMARTS) is 1. The molecule has 1 atom stereocenters. The molecule has 102 valence electrons. The van der Waals surface area contributed by atoms with Crippen LogP contribution >= 0.6 is 0 Å². The molecule has 0 bridgehead atoms. The Hall–Kier alpha value is -1.79. The summed E-state index contributed by atoms with van der Waals surface area (Å²) in [5.41, 5.74) is 0. The van der Waals surface area contributed by atoms with Gasteiger partial charge in [-0.3, -0.25) is 4.79 Å². The molecule has 0 aliphatic carbocycles. The maximum Gasteiger partial charge on any atom is 0.326 e. The predicted molar refractivity (Wildman–Crippen MR) is 64.1 cm³/mol. The third kappa shape index (κ3) is 3.61. The van der Waals surface area contributed by atoms with Crippen molar-refractivity contribution >= 4 is 17.9 Å². The van der Waals surface area contributed by atoms with E-state index in [9.17, 15) is 14.4 Å². The van der Waals surface area contributed by atoms with E-state index in [0.29, 0.717) is 19.4 Å². The third-order valence-corrected chi connectivity index (χ3v) is 2.91. The average molecular weight is 257 g/mol. The molecule has 7 nitrogen and oxygen atoms in total. The van der Waals surface area contributed by atoms with Crippen LogP contribution in [0.25, 0.3) is 0 Å². The van der Waals surface area contributed by atoms with Crippen LogP contribution in [0.4, 0.5) is 4.79 Å². The minimum Gasteiger partial charge on any atom is -0.480 e. The molecule has 0 radical (unpaired) electrons. The Labute approximate surface area is 106 Å². The van der Waals surface area contributed by atoms with Crippen LogP contribution < -0.4 is 5.32 Å². The summed E-state index contributed by atoms with van der Waals surface area (Å²) in [5, 5.41) is 11.5. The molecule has 3 amide bonds. The van der Waals surface area contributed by atoms with E-state index in [-0.39, 0.29) is 18.9 Å². The van der Waals surface area contributed by atoms with Gasteiger partial charge in [-0.1, -0.05) is 0 Å². The molecule has 1 aliphatic rings. The lowest BCUT2D eigenvalue weighted by atomic mass is 10.2. The van der Waals surface area contributed by atoms with Gasteiger partial charge in [0.1, 0.15) is 6.04 Å². The highest BCUT2D eigenvalue weighted by Gasteiger charge is 2.33. The Morgan fingerprint density at radius 2 is 2.06 bits per heavy atom. The Kier molecular flexibility index (Phi) is 4.94. The van der Waals surface area contributed by atoms with Gasteiger partial charge in [-0.2, -0.15) is 0 Å². The Balaban J connectivity index is 2.37. The first-order chi connectivity index (χ1) is 8.43. The summed E-state index contributed by atoms with van der Waals surface area (Å²) in [6, 6.07) is -1.15. The SMILES string of the molecule is CN(C)C(=O)CCNC(=O)N1CCCC1C(=O)O. The number of nitrogens with zero attached hydrogens (tertiary/aromatic N) is 2. The number of urea groups is 1. The molecule has 0 aromatic heterocycles. The van der Waals surface area contributed by atoms with E-state index in [4.69, 9.17) is 5.11 Å². The summed E-state index contributed by atoms with van der Waals surface area (Å²) in [7, 11) is 3.29. The number of carbonyl (C=O) groups excluding carboxylic acids is 2. The summed E-state index contributed by atoms with van der Waals surface area (Å²) in [4.78, 5) is 36.7. The largest absolute Gasteiger partial charge is 0.480 e. The van der Waals surface area contributed by atoms with Crippen LogP contribution in [0.2, 0.25) is 0 Å². The fourth-order valence-corrected chi connectivity index (χ4v) is 1.87. The van der Waals surface area contributed by atoms with E-state index in [2.05, 4.69) is 5.32 Å². The van der Waals surface area contributed by atoms with Gasteiger partial charge in [-0.05, 0) is 12.8 Å². The van der Waals surface area contributed by atoms with Gasteiger partial charge in [0.2, 0.25) is 5.91 Å². The van der Waals surface area contributed by atoms with Crippen molar-refractivity contribution in [1.82, 2.24) is 15.1 Å². The minimum absolute atomic E-state index is 0.0773. The first-order valence-electron chi connectivity index (χ1n) is 5.91. The zero-order chi connectivity index (χ0) is 13.7. The fourth-order valence-electron chi connectivity index (χ4n) is 1.87. The number of likely N-dealkylation sites (tertiary alicyclic amines) is 1. The Morgan fingerprint density at radius 1 is 1.39 bits per heavy atom. The number of carbonyl (C=O) groups is 3. The molecule has 18 heavy (non-hydrogen) atoms. The van der Waals surface area contributed by atoms with Crippen LogP contribution in [-0.4, -0.2) is 66.0 Å². The predicted octanol–water partition coefficient (Wildman–Crippen LogP) is -0.277. The maximum atomic E-state index is 11.7. The quantitative estimate of drug-likeness (QED) is 0.725. The molecule has 0 aromatic rings. The molecule has 1 saturated heterocycles. The fraction of sp³-hybridized carbons (Fsp3) is 0.727. The molecule has 1 rings (SSSR count). The van der Waals surface area contributed by atoms with Gasteiger partial charge in [-0.25, -0.2) is 9.59 Å². The molecule has 1 unspecified atom stereocenters. The molecular formula is C11H19N3O4. The molecule has 2 N–H and O–H groups in total. The summed E-state index contributed by atoms with van der Waals surface area (Å²) >= 11 is 0. The third-order valence-electron chi connectivity index (χ3n) is 2.91. The molecular weight excluding hydrogens is 238 g/mol. The van der Waals surface area contributed by atoms with Crippen molar-refractivity contribution in [2.45, 2.75) is 25.3 Å². The standard InChI is InChI=1S/C11H19N3O4/c1-13(2)9(15)5-6-12-11(18)14-7-3-4-8(14)10(16)17/h8H,3-7H2,1-2H3,(H,12,18)(H,16,17). The number of aliphatic carboxylic acids is 1. The Morgan fingerprint density at radius 3 is 2.61 bits per heavy atom. The van der Waals surface area contributed by atoms with Gasteiger partial charge in [0.15, 0.2) is 0 Å². The second kappa shape index (κ2) is 6.23. The molecule has 0 spiro atoms. The van der Waals surface area contributed by atoms with Crippen LogP contribution in [0.3, 0.4) is 0 Å². The zero-order valence-electron chi connectivity index (χ0n) is 10.7. The smallest absolute Gasteiger partial charge is 0.326 e. The van der Waals surface area contributed by atoms with Gasteiger partial charge in [0.05, 0.1) is 0 Å². The molecule has 1 fully saturated rings. The highest BCUT2D eigenvalue weighted by atomic mass is 16.4. The normalized spacial score (nSPS) is 18.6. The summed E-state index contributed by atoms with van der Waals surface area (Å²) < 4.78 is 0. The van der Waals surface area contributed by atoms with Crippen molar-refractivity contribution in [1.29, 1.82) is 0 Å². The van der Waals surface area contributed by atoms with Gasteiger partial charge < -0.3 is 20.2 Å². The lowest BCUT2D eigenvalue weighted by Crippen LogP contribution is -2.46. The number of rotatable bonds is 4. The van der Waals surface area contributed by atoms with E-state index in [0.717, 1.165) is 0 Å². The van der Waals surface area contributed by atoms with Crippen LogP contribution in [0.15, 0.2) is 0 Å². The summed E-state index contributed by atoms with van der Waals surface area (Å²) in [6.07, 6.45) is 1.39. The monoisotopic (exact) mass is 257 g/mol. The minimum atomic E-state index is -0.980. The van der Waals surface area contributed by atoms with Crippen molar-refractivity contribution in [3.63, 3.8) is 0 Å². The van der Waals surface area contributed by atoms with Crippen LogP contribution in [0.5, 0.6) is 0 Å².